The quantitative estimate of drug-likeness (QED) is 0.378. The van der Waals surface area contributed by atoms with Crippen LogP contribution < -0.4 is 10.9 Å². The summed E-state index contributed by atoms with van der Waals surface area (Å²) in [7, 11) is 0. The van der Waals surface area contributed by atoms with E-state index >= 15 is 0 Å². The second kappa shape index (κ2) is 7.52. The van der Waals surface area contributed by atoms with E-state index in [2.05, 4.69) is 10.9 Å². The minimum absolute atomic E-state index is 0.144. The predicted octanol–water partition coefficient (Wildman–Crippen LogP) is 2.88. The van der Waals surface area contributed by atoms with Crippen molar-refractivity contribution in [1.82, 2.24) is 5.43 Å². The Hall–Kier alpha value is -1.90. The largest absolute Gasteiger partial charge is 0.462 e. The molecule has 0 spiro atoms. The molecule has 0 bridgehead atoms. The van der Waals surface area contributed by atoms with Crippen molar-refractivity contribution >= 4 is 34.9 Å². The van der Waals surface area contributed by atoms with Gasteiger partial charge in [-0.1, -0.05) is 23.2 Å². The molecule has 0 radical (unpaired) electrons. The normalized spacial score (nSPS) is 10.5. The summed E-state index contributed by atoms with van der Waals surface area (Å²) in [5.41, 5.74) is 5.83. The Balaban J connectivity index is 2.63. The van der Waals surface area contributed by atoms with Crippen LogP contribution in [0.3, 0.4) is 0 Å². The Kier molecular flexibility index (Phi) is 6.00. The summed E-state index contributed by atoms with van der Waals surface area (Å²) in [6.07, 6.45) is 1.21. The summed E-state index contributed by atoms with van der Waals surface area (Å²) in [4.78, 5) is 11.3. The van der Waals surface area contributed by atoms with Crippen molar-refractivity contribution < 1.29 is 9.53 Å². The number of rotatable bonds is 5. The van der Waals surface area contributed by atoms with Gasteiger partial charge >= 0.3 is 5.97 Å². The van der Waals surface area contributed by atoms with Crippen LogP contribution in [0.4, 0.5) is 5.69 Å². The number of benzene rings is 1. The summed E-state index contributed by atoms with van der Waals surface area (Å²) >= 11 is 11.6. The lowest BCUT2D eigenvalue weighted by atomic mass is 10.3. The van der Waals surface area contributed by atoms with Crippen LogP contribution in [0.1, 0.15) is 6.92 Å². The average molecular weight is 300 g/mol. The number of nitriles is 1. The van der Waals surface area contributed by atoms with E-state index in [4.69, 9.17) is 33.2 Å². The van der Waals surface area contributed by atoms with Crippen molar-refractivity contribution in [2.45, 2.75) is 6.92 Å². The van der Waals surface area contributed by atoms with Crippen LogP contribution in [0.15, 0.2) is 30.0 Å². The molecule has 0 saturated carbocycles. The molecule has 0 amide bonds. The zero-order chi connectivity index (χ0) is 14.3. The Morgan fingerprint density at radius 2 is 2.21 bits per heavy atom. The molecule has 0 aliphatic heterocycles. The number of anilines is 1. The van der Waals surface area contributed by atoms with Gasteiger partial charge in [-0.15, -0.1) is 0 Å². The van der Waals surface area contributed by atoms with E-state index in [0.717, 1.165) is 0 Å². The fourth-order valence-electron chi connectivity index (χ4n) is 1.11. The smallest absolute Gasteiger partial charge is 0.350 e. The van der Waals surface area contributed by atoms with Crippen LogP contribution in [-0.2, 0) is 9.53 Å². The first-order valence-electron chi connectivity index (χ1n) is 5.32. The Bertz CT molecular complexity index is 538. The standard InChI is InChI=1S/C12H11Cl2N3O2/c1-2-19-12(18)8(6-15)7-16-17-9-3-4-10(13)11(14)5-9/h3-5,7,16-17H,2H2,1H3/b8-7+. The van der Waals surface area contributed by atoms with E-state index in [1.165, 1.54) is 6.20 Å². The molecule has 1 aromatic carbocycles. The van der Waals surface area contributed by atoms with Crippen molar-refractivity contribution in [3.63, 3.8) is 0 Å². The van der Waals surface area contributed by atoms with Gasteiger partial charge in [0.1, 0.15) is 6.07 Å². The third-order valence-electron chi connectivity index (χ3n) is 1.97. The molecule has 0 heterocycles. The molecule has 1 aromatic rings. The Morgan fingerprint density at radius 1 is 1.47 bits per heavy atom. The van der Waals surface area contributed by atoms with Crippen LogP contribution in [0.2, 0.25) is 10.0 Å². The van der Waals surface area contributed by atoms with Crippen LogP contribution in [-0.4, -0.2) is 12.6 Å². The number of carbonyl (C=O) groups is 1. The Labute approximate surface area is 120 Å². The van der Waals surface area contributed by atoms with Gasteiger partial charge in [-0.25, -0.2) is 4.79 Å². The van der Waals surface area contributed by atoms with Crippen molar-refractivity contribution in [1.29, 1.82) is 5.26 Å². The van der Waals surface area contributed by atoms with Gasteiger partial charge in [0.15, 0.2) is 5.57 Å². The highest BCUT2D eigenvalue weighted by atomic mass is 35.5. The lowest BCUT2D eigenvalue weighted by molar-refractivity contribution is -0.138. The molecule has 5 nitrogen and oxygen atoms in total. The molecular formula is C12H11Cl2N3O2. The number of halogens is 2. The molecule has 0 atom stereocenters. The monoisotopic (exact) mass is 299 g/mol. The number of hydrazine groups is 1. The van der Waals surface area contributed by atoms with E-state index in [1.807, 2.05) is 0 Å². The van der Waals surface area contributed by atoms with Crippen molar-refractivity contribution in [2.24, 2.45) is 0 Å². The number of nitrogens with one attached hydrogen (secondary N) is 2. The first-order chi connectivity index (χ1) is 9.08. The van der Waals surface area contributed by atoms with Crippen LogP contribution in [0, 0.1) is 11.3 Å². The van der Waals surface area contributed by atoms with Gasteiger partial charge in [0.25, 0.3) is 0 Å². The molecule has 7 heteroatoms. The highest BCUT2D eigenvalue weighted by molar-refractivity contribution is 6.42. The summed E-state index contributed by atoms with van der Waals surface area (Å²) in [6.45, 7) is 1.87. The van der Waals surface area contributed by atoms with Crippen LogP contribution >= 0.6 is 23.2 Å². The van der Waals surface area contributed by atoms with E-state index in [1.54, 1.807) is 31.2 Å². The van der Waals surface area contributed by atoms with E-state index in [0.29, 0.717) is 15.7 Å². The highest BCUT2D eigenvalue weighted by Gasteiger charge is 2.08. The van der Waals surface area contributed by atoms with Crippen LogP contribution in [0.25, 0.3) is 0 Å². The van der Waals surface area contributed by atoms with Crippen molar-refractivity contribution in [3.8, 4) is 6.07 Å². The molecule has 100 valence electrons. The zero-order valence-electron chi connectivity index (χ0n) is 10.0. The maximum Gasteiger partial charge on any atom is 0.350 e. The number of hydrogen-bond acceptors (Lipinski definition) is 5. The number of hydrogen-bond donors (Lipinski definition) is 2. The molecule has 0 aliphatic rings. The summed E-state index contributed by atoms with van der Waals surface area (Å²) in [5, 5.41) is 9.60. The van der Waals surface area contributed by atoms with Crippen LogP contribution in [0.5, 0.6) is 0 Å². The zero-order valence-corrected chi connectivity index (χ0v) is 11.5. The van der Waals surface area contributed by atoms with Crippen molar-refractivity contribution in [2.75, 3.05) is 12.0 Å². The second-order valence-electron chi connectivity index (χ2n) is 3.29. The first-order valence-corrected chi connectivity index (χ1v) is 6.08. The van der Waals surface area contributed by atoms with Gasteiger partial charge < -0.3 is 15.6 Å². The van der Waals surface area contributed by atoms with Crippen molar-refractivity contribution in [3.05, 3.63) is 40.0 Å². The van der Waals surface area contributed by atoms with Gasteiger partial charge in [0.2, 0.25) is 0 Å². The molecular weight excluding hydrogens is 289 g/mol. The first kappa shape index (κ1) is 15.2. The number of ether oxygens (including phenoxy) is 1. The van der Waals surface area contributed by atoms with E-state index in [9.17, 15) is 4.79 Å². The topological polar surface area (TPSA) is 74.2 Å². The minimum atomic E-state index is -0.687. The fourth-order valence-corrected chi connectivity index (χ4v) is 1.41. The summed E-state index contributed by atoms with van der Waals surface area (Å²) in [6, 6.07) is 6.63. The average Bonchev–Trinajstić information content (AvgIpc) is 2.39. The predicted molar refractivity (Wildman–Crippen MR) is 73.5 cm³/mol. The Morgan fingerprint density at radius 3 is 2.79 bits per heavy atom. The molecule has 19 heavy (non-hydrogen) atoms. The van der Waals surface area contributed by atoms with Gasteiger partial charge in [-0.3, -0.25) is 0 Å². The van der Waals surface area contributed by atoms with Gasteiger partial charge in [-0.2, -0.15) is 5.26 Å². The minimum Gasteiger partial charge on any atom is -0.462 e. The summed E-state index contributed by atoms with van der Waals surface area (Å²) in [5.74, 6) is -0.687. The third-order valence-corrected chi connectivity index (χ3v) is 2.71. The second-order valence-corrected chi connectivity index (χ2v) is 4.10. The maximum absolute atomic E-state index is 11.3. The maximum atomic E-state index is 11.3. The summed E-state index contributed by atoms with van der Waals surface area (Å²) < 4.78 is 4.70. The number of nitrogens with zero attached hydrogens (tertiary/aromatic N) is 1. The lowest BCUT2D eigenvalue weighted by Crippen LogP contribution is -2.17. The highest BCUT2D eigenvalue weighted by Crippen LogP contribution is 2.24. The SMILES string of the molecule is CCOC(=O)/C(C#N)=C/NNc1ccc(Cl)c(Cl)c1. The molecule has 1 rings (SSSR count). The van der Waals surface area contributed by atoms with Gasteiger partial charge in [0.05, 0.1) is 22.3 Å². The molecule has 0 saturated heterocycles. The number of carbonyl (C=O) groups excluding carboxylic acids is 1. The van der Waals surface area contributed by atoms with Gasteiger partial charge in [0, 0.05) is 6.20 Å². The lowest BCUT2D eigenvalue weighted by Gasteiger charge is -2.07. The molecule has 0 unspecified atom stereocenters. The third kappa shape index (κ3) is 4.70. The number of esters is 1. The molecule has 0 fully saturated rings. The van der Waals surface area contributed by atoms with Gasteiger partial charge in [-0.05, 0) is 25.1 Å². The van der Waals surface area contributed by atoms with E-state index in [-0.39, 0.29) is 12.2 Å². The molecule has 0 aliphatic carbocycles. The molecule has 0 aromatic heterocycles. The van der Waals surface area contributed by atoms with E-state index < -0.39 is 5.97 Å². The fraction of sp³-hybridized carbons (Fsp3) is 0.167. The molecule has 2 N–H and O–H groups in total.